The molecule has 2 aromatic carbocycles. The zero-order valence-electron chi connectivity index (χ0n) is 13.8. The molecular formula is C21H20N2O. The van der Waals surface area contributed by atoms with E-state index in [1.807, 2.05) is 6.07 Å². The van der Waals surface area contributed by atoms with Gasteiger partial charge in [0.25, 0.3) is 0 Å². The second kappa shape index (κ2) is 6.00. The number of hydrogen-bond acceptors (Lipinski definition) is 2. The summed E-state index contributed by atoms with van der Waals surface area (Å²) in [5.41, 5.74) is 7.12. The van der Waals surface area contributed by atoms with Crippen LogP contribution >= 0.6 is 0 Å². The van der Waals surface area contributed by atoms with Crippen LogP contribution in [0, 0.1) is 0 Å². The molecule has 4 rings (SSSR count). The van der Waals surface area contributed by atoms with E-state index in [4.69, 9.17) is 0 Å². The van der Waals surface area contributed by atoms with Crippen LogP contribution in [0.25, 0.3) is 11.3 Å². The zero-order valence-corrected chi connectivity index (χ0v) is 13.8. The number of aromatic amines is 1. The molecule has 0 saturated heterocycles. The van der Waals surface area contributed by atoms with Gasteiger partial charge in [-0.2, -0.15) is 0 Å². The summed E-state index contributed by atoms with van der Waals surface area (Å²) in [6, 6.07) is 20.6. The van der Waals surface area contributed by atoms with Crippen LogP contribution < -0.4 is 10.5 Å². The molecule has 0 bridgehead atoms. The van der Waals surface area contributed by atoms with Gasteiger partial charge in [-0.15, -0.1) is 0 Å². The van der Waals surface area contributed by atoms with Crippen molar-refractivity contribution in [2.75, 3.05) is 4.90 Å². The number of hydrogen-bond donors (Lipinski definition) is 1. The van der Waals surface area contributed by atoms with Gasteiger partial charge in [-0.1, -0.05) is 49.4 Å². The first kappa shape index (κ1) is 14.8. The van der Waals surface area contributed by atoms with E-state index < -0.39 is 0 Å². The van der Waals surface area contributed by atoms with Crippen LogP contribution in [0.1, 0.15) is 23.6 Å². The van der Waals surface area contributed by atoms with Crippen molar-refractivity contribution in [3.05, 3.63) is 87.7 Å². The maximum Gasteiger partial charge on any atom is 0.248 e. The SMILES string of the molecule is CCc1ccc(=O)[nH]c1-c1ccc(N2Cc3ccccc3C2)cc1. The molecule has 0 spiro atoms. The van der Waals surface area contributed by atoms with Crippen molar-refractivity contribution in [2.45, 2.75) is 26.4 Å². The van der Waals surface area contributed by atoms with Gasteiger partial charge in [0.15, 0.2) is 0 Å². The second-order valence-electron chi connectivity index (χ2n) is 6.25. The van der Waals surface area contributed by atoms with Gasteiger partial charge in [-0.25, -0.2) is 0 Å². The summed E-state index contributed by atoms with van der Waals surface area (Å²) >= 11 is 0. The summed E-state index contributed by atoms with van der Waals surface area (Å²) in [4.78, 5) is 17.0. The minimum absolute atomic E-state index is 0.0544. The topological polar surface area (TPSA) is 36.1 Å². The fourth-order valence-corrected chi connectivity index (χ4v) is 3.41. The molecule has 3 heteroatoms. The minimum atomic E-state index is -0.0544. The zero-order chi connectivity index (χ0) is 16.5. The lowest BCUT2D eigenvalue weighted by Gasteiger charge is -2.18. The molecule has 0 amide bonds. The number of benzene rings is 2. The molecule has 1 aliphatic rings. The number of H-pyrrole nitrogens is 1. The molecule has 0 fully saturated rings. The second-order valence-corrected chi connectivity index (χ2v) is 6.25. The van der Waals surface area contributed by atoms with Crippen molar-refractivity contribution >= 4 is 5.69 Å². The summed E-state index contributed by atoms with van der Waals surface area (Å²) in [7, 11) is 0. The van der Waals surface area contributed by atoms with Crippen LogP contribution in [0.4, 0.5) is 5.69 Å². The van der Waals surface area contributed by atoms with E-state index in [9.17, 15) is 4.79 Å². The quantitative estimate of drug-likeness (QED) is 0.789. The first-order chi connectivity index (χ1) is 11.7. The van der Waals surface area contributed by atoms with Crippen LogP contribution in [0.5, 0.6) is 0 Å². The van der Waals surface area contributed by atoms with E-state index in [0.717, 1.165) is 36.3 Å². The fraction of sp³-hybridized carbons (Fsp3) is 0.190. The molecule has 0 unspecified atom stereocenters. The lowest BCUT2D eigenvalue weighted by Crippen LogP contribution is -2.14. The van der Waals surface area contributed by atoms with Crippen LogP contribution in [-0.2, 0) is 19.5 Å². The highest BCUT2D eigenvalue weighted by molar-refractivity contribution is 5.66. The maximum atomic E-state index is 11.7. The molecule has 1 N–H and O–H groups in total. The van der Waals surface area contributed by atoms with Crippen LogP contribution in [-0.4, -0.2) is 4.98 Å². The van der Waals surface area contributed by atoms with Gasteiger partial charge in [-0.05, 0) is 40.8 Å². The van der Waals surface area contributed by atoms with Gasteiger partial charge in [0, 0.05) is 24.8 Å². The van der Waals surface area contributed by atoms with Gasteiger partial charge >= 0.3 is 0 Å². The molecule has 0 radical (unpaired) electrons. The molecule has 3 nitrogen and oxygen atoms in total. The number of aryl methyl sites for hydroxylation is 1. The highest BCUT2D eigenvalue weighted by Gasteiger charge is 2.18. The monoisotopic (exact) mass is 316 g/mol. The highest BCUT2D eigenvalue weighted by Crippen LogP contribution is 2.30. The van der Waals surface area contributed by atoms with Crippen molar-refractivity contribution < 1.29 is 0 Å². The van der Waals surface area contributed by atoms with E-state index in [-0.39, 0.29) is 5.56 Å². The third kappa shape index (κ3) is 2.62. The summed E-state index contributed by atoms with van der Waals surface area (Å²) in [5.74, 6) is 0. The molecule has 1 aromatic heterocycles. The molecule has 1 aliphatic heterocycles. The number of nitrogens with zero attached hydrogens (tertiary/aromatic N) is 1. The van der Waals surface area contributed by atoms with E-state index in [0.29, 0.717) is 0 Å². The Bertz CT molecular complexity index is 900. The van der Waals surface area contributed by atoms with Crippen molar-refractivity contribution in [1.82, 2.24) is 4.98 Å². The largest absolute Gasteiger partial charge is 0.363 e. The minimum Gasteiger partial charge on any atom is -0.363 e. The molecular weight excluding hydrogens is 296 g/mol. The van der Waals surface area contributed by atoms with Gasteiger partial charge in [0.1, 0.15) is 0 Å². The molecule has 0 saturated carbocycles. The molecule has 0 atom stereocenters. The van der Waals surface area contributed by atoms with Crippen molar-refractivity contribution in [3.8, 4) is 11.3 Å². The Balaban J connectivity index is 1.63. The summed E-state index contributed by atoms with van der Waals surface area (Å²) < 4.78 is 0. The average molecular weight is 316 g/mol. The Hall–Kier alpha value is -2.81. The predicted molar refractivity (Wildman–Crippen MR) is 98.2 cm³/mol. The standard InChI is InChI=1S/C21H20N2O/c1-2-15-9-12-20(24)22-21(15)16-7-10-19(11-8-16)23-13-17-5-3-4-6-18(17)14-23/h3-12H,2,13-14H2,1H3,(H,22,24). The van der Waals surface area contributed by atoms with Crippen molar-refractivity contribution in [1.29, 1.82) is 0 Å². The lowest BCUT2D eigenvalue weighted by molar-refractivity contribution is 0.880. The number of nitrogens with one attached hydrogen (secondary N) is 1. The average Bonchev–Trinajstić information content (AvgIpc) is 3.06. The Morgan fingerprint density at radius 3 is 2.21 bits per heavy atom. The predicted octanol–water partition coefficient (Wildman–Crippen LogP) is 4.12. The number of pyridine rings is 1. The van der Waals surface area contributed by atoms with Gasteiger partial charge in [-0.3, -0.25) is 4.79 Å². The number of anilines is 1. The van der Waals surface area contributed by atoms with E-state index in [1.165, 1.54) is 16.8 Å². The number of aromatic nitrogens is 1. The molecule has 2 heterocycles. The number of fused-ring (bicyclic) bond motifs is 1. The van der Waals surface area contributed by atoms with Crippen molar-refractivity contribution in [2.24, 2.45) is 0 Å². The molecule has 3 aromatic rings. The van der Waals surface area contributed by atoms with E-state index in [2.05, 4.69) is 65.3 Å². The summed E-state index contributed by atoms with van der Waals surface area (Å²) in [5, 5.41) is 0. The normalized spacial score (nSPS) is 13.1. The summed E-state index contributed by atoms with van der Waals surface area (Å²) in [6.45, 7) is 4.02. The van der Waals surface area contributed by atoms with E-state index >= 15 is 0 Å². The Labute approximate surface area is 141 Å². The number of rotatable bonds is 3. The third-order valence-corrected chi connectivity index (χ3v) is 4.75. The highest BCUT2D eigenvalue weighted by atomic mass is 16.1. The third-order valence-electron chi connectivity index (χ3n) is 4.75. The van der Waals surface area contributed by atoms with Gasteiger partial charge < -0.3 is 9.88 Å². The van der Waals surface area contributed by atoms with Gasteiger partial charge in [0.05, 0.1) is 5.69 Å². The smallest absolute Gasteiger partial charge is 0.248 e. The van der Waals surface area contributed by atoms with Gasteiger partial charge in [0.2, 0.25) is 5.56 Å². The Morgan fingerprint density at radius 1 is 0.917 bits per heavy atom. The van der Waals surface area contributed by atoms with Crippen LogP contribution in [0.3, 0.4) is 0 Å². The first-order valence-corrected chi connectivity index (χ1v) is 8.39. The molecule has 120 valence electrons. The lowest BCUT2D eigenvalue weighted by atomic mass is 10.0. The molecule has 24 heavy (non-hydrogen) atoms. The fourth-order valence-electron chi connectivity index (χ4n) is 3.41. The Kier molecular flexibility index (Phi) is 3.69. The van der Waals surface area contributed by atoms with Crippen LogP contribution in [0.2, 0.25) is 0 Å². The first-order valence-electron chi connectivity index (χ1n) is 8.39. The molecule has 0 aliphatic carbocycles. The Morgan fingerprint density at radius 2 is 1.58 bits per heavy atom. The van der Waals surface area contributed by atoms with E-state index in [1.54, 1.807) is 6.07 Å². The van der Waals surface area contributed by atoms with Crippen molar-refractivity contribution in [3.63, 3.8) is 0 Å². The maximum absolute atomic E-state index is 11.7. The summed E-state index contributed by atoms with van der Waals surface area (Å²) in [6.07, 6.45) is 0.898. The van der Waals surface area contributed by atoms with Crippen LogP contribution in [0.15, 0.2) is 65.5 Å².